The molecular formula is C15H17ClN6O. The maximum atomic E-state index is 6.18. The van der Waals surface area contributed by atoms with Gasteiger partial charge in [-0.25, -0.2) is 9.50 Å². The highest BCUT2D eigenvalue weighted by Gasteiger charge is 2.27. The maximum absolute atomic E-state index is 6.18. The molecule has 7 nitrogen and oxygen atoms in total. The van der Waals surface area contributed by atoms with E-state index in [2.05, 4.69) is 25.6 Å². The molecule has 0 bridgehead atoms. The Morgan fingerprint density at radius 1 is 1.43 bits per heavy atom. The van der Waals surface area contributed by atoms with Crippen LogP contribution in [0.1, 0.15) is 30.9 Å². The number of nitrogens with zero attached hydrogens (tertiary/aromatic N) is 4. The minimum atomic E-state index is 0.348. The first kappa shape index (κ1) is 14.5. The van der Waals surface area contributed by atoms with Gasteiger partial charge in [-0.05, 0) is 19.3 Å². The van der Waals surface area contributed by atoms with Gasteiger partial charge < -0.3 is 10.1 Å². The lowest BCUT2D eigenvalue weighted by molar-refractivity contribution is 0.108. The van der Waals surface area contributed by atoms with Gasteiger partial charge in [0.1, 0.15) is 5.52 Å². The average Bonchev–Trinajstić information content (AvgIpc) is 3.27. The van der Waals surface area contributed by atoms with Crippen molar-refractivity contribution in [3.05, 3.63) is 35.4 Å². The summed E-state index contributed by atoms with van der Waals surface area (Å²) in [5.41, 5.74) is 1.86. The molecule has 0 aromatic carbocycles. The van der Waals surface area contributed by atoms with Crippen molar-refractivity contribution in [1.29, 1.82) is 0 Å². The number of aromatic nitrogens is 5. The Kier molecular flexibility index (Phi) is 3.66. The Morgan fingerprint density at radius 3 is 3.17 bits per heavy atom. The molecule has 1 aliphatic rings. The summed E-state index contributed by atoms with van der Waals surface area (Å²) in [6.45, 7) is 0. The summed E-state index contributed by atoms with van der Waals surface area (Å²) in [6.07, 6.45) is 8.61. The number of hydrogen-bond acceptors (Lipinski definition) is 5. The van der Waals surface area contributed by atoms with Crippen molar-refractivity contribution in [2.75, 3.05) is 12.4 Å². The average molecular weight is 333 g/mol. The van der Waals surface area contributed by atoms with Gasteiger partial charge >= 0.3 is 0 Å². The van der Waals surface area contributed by atoms with Crippen molar-refractivity contribution >= 4 is 28.8 Å². The zero-order chi connectivity index (χ0) is 15.8. The number of ether oxygens (including phenoxy) is 1. The highest BCUT2D eigenvalue weighted by Crippen LogP contribution is 2.36. The van der Waals surface area contributed by atoms with E-state index in [1.54, 1.807) is 30.2 Å². The second-order valence-corrected chi connectivity index (χ2v) is 6.17. The van der Waals surface area contributed by atoms with E-state index in [1.807, 2.05) is 6.07 Å². The molecule has 23 heavy (non-hydrogen) atoms. The van der Waals surface area contributed by atoms with Crippen LogP contribution in [0.4, 0.5) is 11.6 Å². The summed E-state index contributed by atoms with van der Waals surface area (Å²) < 4.78 is 7.12. The smallest absolute Gasteiger partial charge is 0.159 e. The number of methoxy groups -OCH3 is 1. The molecule has 4 rings (SSSR count). The third-order valence-corrected chi connectivity index (χ3v) is 4.67. The summed E-state index contributed by atoms with van der Waals surface area (Å²) in [4.78, 5) is 4.34. The predicted molar refractivity (Wildman–Crippen MR) is 87.3 cm³/mol. The molecule has 1 fully saturated rings. The van der Waals surface area contributed by atoms with Crippen LogP contribution in [0.3, 0.4) is 0 Å². The molecule has 8 heteroatoms. The number of fused-ring (bicyclic) bond motifs is 1. The van der Waals surface area contributed by atoms with Crippen LogP contribution in [-0.2, 0) is 4.74 Å². The Labute approximate surface area is 138 Å². The summed E-state index contributed by atoms with van der Waals surface area (Å²) >= 11 is 6.18. The van der Waals surface area contributed by atoms with Gasteiger partial charge in [0.05, 0.1) is 17.3 Å². The van der Waals surface area contributed by atoms with Crippen molar-refractivity contribution in [1.82, 2.24) is 24.8 Å². The van der Waals surface area contributed by atoms with Crippen LogP contribution in [0.25, 0.3) is 5.52 Å². The normalized spacial score (nSPS) is 21.1. The molecule has 1 saturated carbocycles. The first-order valence-electron chi connectivity index (χ1n) is 7.57. The van der Waals surface area contributed by atoms with E-state index in [9.17, 15) is 0 Å². The van der Waals surface area contributed by atoms with Crippen LogP contribution < -0.4 is 5.32 Å². The van der Waals surface area contributed by atoms with Crippen LogP contribution in [0.5, 0.6) is 0 Å². The van der Waals surface area contributed by atoms with Crippen LogP contribution >= 0.6 is 11.6 Å². The topological polar surface area (TPSA) is 80.1 Å². The number of rotatable bonds is 4. The molecule has 0 aliphatic heterocycles. The van der Waals surface area contributed by atoms with Crippen molar-refractivity contribution in [2.24, 2.45) is 0 Å². The number of aromatic amines is 1. The molecule has 3 aromatic heterocycles. The number of H-pyrrole nitrogens is 1. The molecule has 0 spiro atoms. The molecule has 1 aliphatic carbocycles. The van der Waals surface area contributed by atoms with Gasteiger partial charge in [-0.2, -0.15) is 10.2 Å². The van der Waals surface area contributed by atoms with Gasteiger partial charge in [-0.15, -0.1) is 0 Å². The van der Waals surface area contributed by atoms with E-state index < -0.39 is 0 Å². The monoisotopic (exact) mass is 332 g/mol. The Bertz CT molecular complexity index is 828. The molecule has 0 radical (unpaired) electrons. The summed E-state index contributed by atoms with van der Waals surface area (Å²) in [6, 6.07) is 2.03. The van der Waals surface area contributed by atoms with E-state index in [0.717, 1.165) is 36.3 Å². The summed E-state index contributed by atoms with van der Waals surface area (Å²) in [5.74, 6) is 1.82. The summed E-state index contributed by atoms with van der Waals surface area (Å²) in [7, 11) is 1.77. The minimum Gasteiger partial charge on any atom is -0.381 e. The highest BCUT2D eigenvalue weighted by atomic mass is 35.5. The zero-order valence-electron chi connectivity index (χ0n) is 12.7. The SMILES string of the molecule is COC1CCC(c2cc(Nc3nccn4ncc(Cl)c34)n[nH]2)C1. The van der Waals surface area contributed by atoms with Gasteiger partial charge in [-0.3, -0.25) is 5.10 Å². The maximum Gasteiger partial charge on any atom is 0.159 e. The number of hydrogen-bond donors (Lipinski definition) is 2. The molecule has 120 valence electrons. The predicted octanol–water partition coefficient (Wildman–Crippen LogP) is 3.13. The molecule has 2 N–H and O–H groups in total. The molecule has 2 unspecified atom stereocenters. The number of halogens is 1. The lowest BCUT2D eigenvalue weighted by Gasteiger charge is -2.07. The van der Waals surface area contributed by atoms with Crippen LogP contribution in [-0.4, -0.2) is 38.0 Å². The fourth-order valence-electron chi connectivity index (χ4n) is 3.17. The zero-order valence-corrected chi connectivity index (χ0v) is 13.4. The van der Waals surface area contributed by atoms with Crippen molar-refractivity contribution < 1.29 is 4.74 Å². The third-order valence-electron chi connectivity index (χ3n) is 4.39. The van der Waals surface area contributed by atoms with Crippen molar-refractivity contribution in [3.63, 3.8) is 0 Å². The Hall–Kier alpha value is -2.12. The van der Waals surface area contributed by atoms with E-state index in [1.165, 1.54) is 0 Å². The Morgan fingerprint density at radius 2 is 2.35 bits per heavy atom. The molecular weight excluding hydrogens is 316 g/mol. The van der Waals surface area contributed by atoms with E-state index in [0.29, 0.717) is 22.9 Å². The van der Waals surface area contributed by atoms with Gasteiger partial charge in [0.15, 0.2) is 11.6 Å². The number of nitrogens with one attached hydrogen (secondary N) is 2. The van der Waals surface area contributed by atoms with Crippen molar-refractivity contribution in [2.45, 2.75) is 31.3 Å². The fraction of sp³-hybridized carbons (Fsp3) is 0.400. The van der Waals surface area contributed by atoms with Crippen LogP contribution in [0.15, 0.2) is 24.7 Å². The standard InChI is InChI=1S/C15H17ClN6O/c1-23-10-3-2-9(6-10)12-7-13(21-20-12)19-15-14-11(16)8-18-22(14)5-4-17-15/h4-5,7-10H,2-3,6H2,1H3,(H2,17,19,20,21). The molecule has 0 saturated heterocycles. The van der Waals surface area contributed by atoms with E-state index >= 15 is 0 Å². The largest absolute Gasteiger partial charge is 0.381 e. The van der Waals surface area contributed by atoms with Crippen molar-refractivity contribution in [3.8, 4) is 0 Å². The second kappa shape index (κ2) is 5.82. The molecule has 0 amide bonds. The van der Waals surface area contributed by atoms with Gasteiger partial charge in [-0.1, -0.05) is 11.6 Å². The highest BCUT2D eigenvalue weighted by molar-refractivity contribution is 6.34. The van der Waals surface area contributed by atoms with Crippen LogP contribution in [0, 0.1) is 0 Å². The second-order valence-electron chi connectivity index (χ2n) is 5.76. The first-order chi connectivity index (χ1) is 11.2. The lowest BCUT2D eigenvalue weighted by Crippen LogP contribution is -2.04. The van der Waals surface area contributed by atoms with Gasteiger partial charge in [0.2, 0.25) is 0 Å². The minimum absolute atomic E-state index is 0.348. The fourth-order valence-corrected chi connectivity index (χ4v) is 3.39. The van der Waals surface area contributed by atoms with E-state index in [-0.39, 0.29) is 0 Å². The molecule has 2 atom stereocenters. The Balaban J connectivity index is 1.57. The molecule has 3 aromatic rings. The number of anilines is 2. The lowest BCUT2D eigenvalue weighted by atomic mass is 10.0. The van der Waals surface area contributed by atoms with Gasteiger partial charge in [0, 0.05) is 37.2 Å². The van der Waals surface area contributed by atoms with Gasteiger partial charge in [0.25, 0.3) is 0 Å². The third kappa shape index (κ3) is 2.66. The van der Waals surface area contributed by atoms with E-state index in [4.69, 9.17) is 16.3 Å². The first-order valence-corrected chi connectivity index (χ1v) is 7.95. The van der Waals surface area contributed by atoms with Crippen LogP contribution in [0.2, 0.25) is 5.02 Å². The summed E-state index contributed by atoms with van der Waals surface area (Å²) in [5, 5.41) is 15.4. The molecule has 3 heterocycles. The quantitative estimate of drug-likeness (QED) is 0.767.